The van der Waals surface area contributed by atoms with Crippen LogP contribution in [0.15, 0.2) is 29.2 Å². The molecule has 0 spiro atoms. The number of H-pyrrole nitrogens is 1. The van der Waals surface area contributed by atoms with E-state index in [1.54, 1.807) is 32.9 Å². The van der Waals surface area contributed by atoms with Crippen LogP contribution in [0, 0.1) is 13.8 Å². The standard InChI is InChI=1S/C21H26N2O7S/c1-4-29-20(24)18-14(2)19(22-15(18)3)21(25)30-13-16-6-5-7-17(12-16)31(26,27)23-8-10-28-11-9-23/h5-7,12,22H,4,8-11,13H2,1-3H3. The maximum Gasteiger partial charge on any atom is 0.355 e. The lowest BCUT2D eigenvalue weighted by Crippen LogP contribution is -2.40. The van der Waals surface area contributed by atoms with E-state index >= 15 is 0 Å². The molecule has 3 rings (SSSR count). The number of aromatic amines is 1. The van der Waals surface area contributed by atoms with Crippen LogP contribution in [0.3, 0.4) is 0 Å². The highest BCUT2D eigenvalue weighted by Crippen LogP contribution is 2.22. The molecule has 10 heteroatoms. The molecular formula is C21H26N2O7S. The summed E-state index contributed by atoms with van der Waals surface area (Å²) in [6.07, 6.45) is 0. The maximum absolute atomic E-state index is 12.8. The SMILES string of the molecule is CCOC(=O)c1c(C)[nH]c(C(=O)OCc2cccc(S(=O)(=O)N3CCOCC3)c2)c1C. The van der Waals surface area contributed by atoms with E-state index in [9.17, 15) is 18.0 Å². The lowest BCUT2D eigenvalue weighted by molar-refractivity contribution is 0.0465. The molecule has 1 aromatic heterocycles. The first-order valence-electron chi connectivity index (χ1n) is 9.96. The van der Waals surface area contributed by atoms with E-state index in [1.165, 1.54) is 16.4 Å². The van der Waals surface area contributed by atoms with Crippen molar-refractivity contribution in [3.63, 3.8) is 0 Å². The van der Waals surface area contributed by atoms with Gasteiger partial charge in [-0.3, -0.25) is 0 Å². The summed E-state index contributed by atoms with van der Waals surface area (Å²) in [5.74, 6) is -1.15. The lowest BCUT2D eigenvalue weighted by atomic mass is 10.1. The second-order valence-electron chi connectivity index (χ2n) is 7.09. The summed E-state index contributed by atoms with van der Waals surface area (Å²) in [5, 5.41) is 0. The fourth-order valence-corrected chi connectivity index (χ4v) is 4.90. The Morgan fingerprint density at radius 1 is 1.13 bits per heavy atom. The third kappa shape index (κ3) is 4.97. The Hall–Kier alpha value is -2.69. The Morgan fingerprint density at radius 2 is 1.84 bits per heavy atom. The number of benzene rings is 1. The van der Waals surface area contributed by atoms with Crippen molar-refractivity contribution in [2.45, 2.75) is 32.3 Å². The first-order valence-corrected chi connectivity index (χ1v) is 11.4. The van der Waals surface area contributed by atoms with Gasteiger partial charge >= 0.3 is 11.9 Å². The van der Waals surface area contributed by atoms with E-state index < -0.39 is 22.0 Å². The second kappa shape index (κ2) is 9.63. The Balaban J connectivity index is 1.72. The number of ether oxygens (including phenoxy) is 3. The Bertz CT molecular complexity index is 1070. The molecule has 0 unspecified atom stereocenters. The summed E-state index contributed by atoms with van der Waals surface area (Å²) in [7, 11) is -3.64. The van der Waals surface area contributed by atoms with Crippen LogP contribution in [0.4, 0.5) is 0 Å². The molecule has 1 aromatic carbocycles. The van der Waals surface area contributed by atoms with Crippen molar-refractivity contribution in [2.24, 2.45) is 0 Å². The van der Waals surface area contributed by atoms with Gasteiger partial charge in [0.25, 0.3) is 0 Å². The minimum atomic E-state index is -3.64. The number of carbonyl (C=O) groups excluding carboxylic acids is 2. The van der Waals surface area contributed by atoms with Gasteiger partial charge in [-0.2, -0.15) is 4.31 Å². The molecule has 0 bridgehead atoms. The Morgan fingerprint density at radius 3 is 2.52 bits per heavy atom. The van der Waals surface area contributed by atoms with Crippen molar-refractivity contribution in [3.05, 3.63) is 52.3 Å². The highest BCUT2D eigenvalue weighted by molar-refractivity contribution is 7.89. The first kappa shape index (κ1) is 23.0. The normalized spacial score (nSPS) is 14.9. The van der Waals surface area contributed by atoms with Gasteiger partial charge in [0.2, 0.25) is 10.0 Å². The molecule has 1 aliphatic rings. The molecule has 31 heavy (non-hydrogen) atoms. The number of rotatable bonds is 7. The summed E-state index contributed by atoms with van der Waals surface area (Å²) in [6.45, 7) is 6.46. The smallest absolute Gasteiger partial charge is 0.355 e. The molecule has 1 saturated heterocycles. The zero-order chi connectivity index (χ0) is 22.6. The molecule has 9 nitrogen and oxygen atoms in total. The van der Waals surface area contributed by atoms with Crippen molar-refractivity contribution in [3.8, 4) is 0 Å². The topological polar surface area (TPSA) is 115 Å². The number of hydrogen-bond acceptors (Lipinski definition) is 7. The second-order valence-corrected chi connectivity index (χ2v) is 9.02. The zero-order valence-electron chi connectivity index (χ0n) is 17.8. The fraction of sp³-hybridized carbons (Fsp3) is 0.429. The van der Waals surface area contributed by atoms with E-state index in [2.05, 4.69) is 4.98 Å². The lowest BCUT2D eigenvalue weighted by Gasteiger charge is -2.26. The maximum atomic E-state index is 12.8. The summed E-state index contributed by atoms with van der Waals surface area (Å²) in [4.78, 5) is 27.7. The predicted molar refractivity (Wildman–Crippen MR) is 111 cm³/mol. The van der Waals surface area contributed by atoms with Crippen LogP contribution in [0.25, 0.3) is 0 Å². The molecule has 0 radical (unpaired) electrons. The molecular weight excluding hydrogens is 424 g/mol. The zero-order valence-corrected chi connectivity index (χ0v) is 18.6. The molecule has 168 valence electrons. The van der Waals surface area contributed by atoms with Crippen molar-refractivity contribution >= 4 is 22.0 Å². The minimum Gasteiger partial charge on any atom is -0.462 e. The largest absolute Gasteiger partial charge is 0.462 e. The van der Waals surface area contributed by atoms with Crippen molar-refractivity contribution in [2.75, 3.05) is 32.9 Å². The number of hydrogen-bond donors (Lipinski definition) is 1. The summed E-state index contributed by atoms with van der Waals surface area (Å²) >= 11 is 0. The third-order valence-electron chi connectivity index (χ3n) is 5.00. The van der Waals surface area contributed by atoms with Gasteiger partial charge in [0, 0.05) is 18.8 Å². The summed E-state index contributed by atoms with van der Waals surface area (Å²) in [6, 6.07) is 6.30. The monoisotopic (exact) mass is 450 g/mol. The van der Waals surface area contributed by atoms with Crippen LogP contribution in [-0.2, 0) is 30.8 Å². The first-order chi connectivity index (χ1) is 14.8. The van der Waals surface area contributed by atoms with Gasteiger partial charge in [0.05, 0.1) is 30.3 Å². The Kier molecular flexibility index (Phi) is 7.14. The van der Waals surface area contributed by atoms with Crippen LogP contribution in [0.1, 0.15) is 44.6 Å². The van der Waals surface area contributed by atoms with Gasteiger partial charge in [-0.05, 0) is 44.0 Å². The molecule has 2 heterocycles. The van der Waals surface area contributed by atoms with Gasteiger partial charge in [-0.15, -0.1) is 0 Å². The quantitative estimate of drug-likeness (QED) is 0.643. The number of esters is 2. The molecule has 0 saturated carbocycles. The average molecular weight is 451 g/mol. The third-order valence-corrected chi connectivity index (χ3v) is 6.89. The molecule has 1 aliphatic heterocycles. The van der Waals surface area contributed by atoms with Crippen LogP contribution < -0.4 is 0 Å². The van der Waals surface area contributed by atoms with Gasteiger partial charge < -0.3 is 19.2 Å². The number of aryl methyl sites for hydroxylation is 1. The number of nitrogens with zero attached hydrogens (tertiary/aromatic N) is 1. The molecule has 0 aliphatic carbocycles. The predicted octanol–water partition coefficient (Wildman–Crippen LogP) is 2.19. The van der Waals surface area contributed by atoms with E-state index in [1.807, 2.05) is 0 Å². The molecule has 0 amide bonds. The van der Waals surface area contributed by atoms with E-state index in [0.29, 0.717) is 48.7 Å². The van der Waals surface area contributed by atoms with Crippen LogP contribution in [0.2, 0.25) is 0 Å². The summed E-state index contributed by atoms with van der Waals surface area (Å²) in [5.41, 5.74) is 1.98. The number of sulfonamides is 1. The number of nitrogens with one attached hydrogen (secondary N) is 1. The highest BCUT2D eigenvalue weighted by Gasteiger charge is 2.27. The van der Waals surface area contributed by atoms with Gasteiger partial charge in [-0.1, -0.05) is 12.1 Å². The van der Waals surface area contributed by atoms with Gasteiger partial charge in [0.15, 0.2) is 0 Å². The van der Waals surface area contributed by atoms with E-state index in [0.717, 1.165) is 0 Å². The Labute approximate surface area is 181 Å². The number of carbonyl (C=O) groups is 2. The van der Waals surface area contributed by atoms with Gasteiger partial charge in [-0.25, -0.2) is 18.0 Å². The van der Waals surface area contributed by atoms with Gasteiger partial charge in [0.1, 0.15) is 12.3 Å². The summed E-state index contributed by atoms with van der Waals surface area (Å²) < 4.78 is 42.6. The number of morpholine rings is 1. The van der Waals surface area contributed by atoms with Crippen molar-refractivity contribution in [1.29, 1.82) is 0 Å². The number of aromatic nitrogens is 1. The highest BCUT2D eigenvalue weighted by atomic mass is 32.2. The van der Waals surface area contributed by atoms with Crippen molar-refractivity contribution < 1.29 is 32.2 Å². The van der Waals surface area contributed by atoms with E-state index in [4.69, 9.17) is 14.2 Å². The van der Waals surface area contributed by atoms with Crippen molar-refractivity contribution in [1.82, 2.24) is 9.29 Å². The average Bonchev–Trinajstić information content (AvgIpc) is 3.07. The van der Waals surface area contributed by atoms with E-state index in [-0.39, 0.29) is 23.8 Å². The minimum absolute atomic E-state index is 0.114. The fourth-order valence-electron chi connectivity index (χ4n) is 3.42. The molecule has 0 atom stereocenters. The molecule has 1 N–H and O–H groups in total. The molecule has 2 aromatic rings. The van der Waals surface area contributed by atoms with Crippen LogP contribution in [-0.4, -0.2) is 62.6 Å². The van der Waals surface area contributed by atoms with Crippen LogP contribution in [0.5, 0.6) is 0 Å². The van der Waals surface area contributed by atoms with Crippen LogP contribution >= 0.6 is 0 Å². The molecule has 1 fully saturated rings.